The standard InChI is InChI=1S/C21H13N3O4S/c22-11-16(6-3-5-14-4-1-2-7-18(14)24(25)26)21-23-17(12-29-21)15-8-9-19-20(10-15)28-13-27-19/h1-10,12H,13H2/b5-3+,16-6+. The van der Waals surface area contributed by atoms with Crippen molar-refractivity contribution in [1.29, 1.82) is 5.26 Å². The highest BCUT2D eigenvalue weighted by Gasteiger charge is 2.16. The van der Waals surface area contributed by atoms with E-state index in [4.69, 9.17) is 9.47 Å². The third kappa shape index (κ3) is 3.85. The number of hydrogen-bond acceptors (Lipinski definition) is 7. The van der Waals surface area contributed by atoms with Gasteiger partial charge in [-0.05, 0) is 36.4 Å². The zero-order chi connectivity index (χ0) is 20.2. The lowest BCUT2D eigenvalue weighted by molar-refractivity contribution is -0.385. The molecule has 0 amide bonds. The Kier molecular flexibility index (Phi) is 5.05. The lowest BCUT2D eigenvalue weighted by Crippen LogP contribution is -1.92. The van der Waals surface area contributed by atoms with Crippen LogP contribution in [0.4, 0.5) is 5.69 Å². The molecule has 0 fully saturated rings. The molecule has 3 aromatic rings. The molecule has 1 aromatic heterocycles. The van der Waals surface area contributed by atoms with Gasteiger partial charge in [0.2, 0.25) is 6.79 Å². The number of nitro benzene ring substituents is 1. The molecule has 0 bridgehead atoms. The number of ether oxygens (including phenoxy) is 2. The minimum Gasteiger partial charge on any atom is -0.454 e. The van der Waals surface area contributed by atoms with Crippen LogP contribution < -0.4 is 9.47 Å². The van der Waals surface area contributed by atoms with Crippen LogP contribution in [0.2, 0.25) is 0 Å². The highest BCUT2D eigenvalue weighted by atomic mass is 32.1. The quantitative estimate of drug-likeness (QED) is 0.255. The van der Waals surface area contributed by atoms with Crippen LogP contribution in [-0.2, 0) is 0 Å². The van der Waals surface area contributed by atoms with Crippen molar-refractivity contribution in [2.45, 2.75) is 0 Å². The normalized spacial score (nSPS) is 12.9. The molecule has 142 valence electrons. The van der Waals surface area contributed by atoms with Crippen molar-refractivity contribution in [2.75, 3.05) is 6.79 Å². The van der Waals surface area contributed by atoms with Gasteiger partial charge in [-0.25, -0.2) is 4.98 Å². The largest absolute Gasteiger partial charge is 0.454 e. The van der Waals surface area contributed by atoms with Crippen molar-refractivity contribution in [3.8, 4) is 28.8 Å². The predicted molar refractivity (Wildman–Crippen MR) is 109 cm³/mol. The van der Waals surface area contributed by atoms with Gasteiger partial charge >= 0.3 is 0 Å². The molecule has 0 atom stereocenters. The molecule has 7 nitrogen and oxygen atoms in total. The molecule has 8 heteroatoms. The molecule has 0 saturated carbocycles. The first-order valence-electron chi connectivity index (χ1n) is 8.53. The fourth-order valence-electron chi connectivity index (χ4n) is 2.79. The summed E-state index contributed by atoms with van der Waals surface area (Å²) < 4.78 is 10.7. The van der Waals surface area contributed by atoms with Gasteiger partial charge in [0, 0.05) is 17.0 Å². The number of hydrogen-bond donors (Lipinski definition) is 0. The van der Waals surface area contributed by atoms with Crippen LogP contribution in [0.15, 0.2) is 60.0 Å². The molecule has 0 spiro atoms. The minimum atomic E-state index is -0.437. The third-order valence-electron chi connectivity index (χ3n) is 4.20. The van der Waals surface area contributed by atoms with E-state index in [2.05, 4.69) is 11.1 Å². The molecule has 4 rings (SSSR count). The van der Waals surface area contributed by atoms with Crippen LogP contribution in [0.3, 0.4) is 0 Å². The van der Waals surface area contributed by atoms with Crippen LogP contribution in [-0.4, -0.2) is 16.7 Å². The predicted octanol–water partition coefficient (Wildman–Crippen LogP) is 5.07. The molecule has 0 aliphatic carbocycles. The summed E-state index contributed by atoms with van der Waals surface area (Å²) in [6.45, 7) is 0.203. The van der Waals surface area contributed by atoms with Crippen molar-refractivity contribution < 1.29 is 14.4 Å². The Balaban J connectivity index is 1.58. The summed E-state index contributed by atoms with van der Waals surface area (Å²) in [5, 5.41) is 23.0. The number of allylic oxidation sites excluding steroid dienone is 3. The first-order valence-corrected chi connectivity index (χ1v) is 9.41. The average Bonchev–Trinajstić information content (AvgIpc) is 3.40. The highest BCUT2D eigenvalue weighted by Crippen LogP contribution is 2.36. The maximum absolute atomic E-state index is 11.1. The van der Waals surface area contributed by atoms with E-state index in [-0.39, 0.29) is 12.5 Å². The van der Waals surface area contributed by atoms with Gasteiger partial charge in [-0.1, -0.05) is 18.2 Å². The van der Waals surface area contributed by atoms with E-state index in [0.29, 0.717) is 27.6 Å². The van der Waals surface area contributed by atoms with Gasteiger partial charge in [0.05, 0.1) is 21.8 Å². The van der Waals surface area contributed by atoms with Crippen molar-refractivity contribution in [2.24, 2.45) is 0 Å². The Morgan fingerprint density at radius 2 is 2.07 bits per heavy atom. The number of benzene rings is 2. The molecule has 0 radical (unpaired) electrons. The zero-order valence-electron chi connectivity index (χ0n) is 14.9. The number of para-hydroxylation sites is 1. The second kappa shape index (κ2) is 7.96. The summed E-state index contributed by atoms with van der Waals surface area (Å²) >= 11 is 1.35. The van der Waals surface area contributed by atoms with E-state index in [0.717, 1.165) is 11.3 Å². The minimum absolute atomic E-state index is 0.00926. The van der Waals surface area contributed by atoms with Gasteiger partial charge in [0.1, 0.15) is 11.1 Å². The molecule has 0 N–H and O–H groups in total. The van der Waals surface area contributed by atoms with E-state index < -0.39 is 4.92 Å². The van der Waals surface area contributed by atoms with Gasteiger partial charge in [-0.15, -0.1) is 11.3 Å². The molecule has 29 heavy (non-hydrogen) atoms. The SMILES string of the molecule is N#C/C(=C\C=C\c1ccccc1[N+](=O)[O-])c1nc(-c2ccc3c(c2)OCO3)cs1. The topological polar surface area (TPSA) is 98.3 Å². The van der Waals surface area contributed by atoms with Crippen LogP contribution in [0, 0.1) is 21.4 Å². The van der Waals surface area contributed by atoms with E-state index in [1.54, 1.807) is 36.4 Å². The van der Waals surface area contributed by atoms with Gasteiger partial charge in [0.25, 0.3) is 5.69 Å². The number of nitro groups is 1. The lowest BCUT2D eigenvalue weighted by atomic mass is 10.1. The molecule has 2 aromatic carbocycles. The lowest BCUT2D eigenvalue weighted by Gasteiger charge is -1.99. The Hall–Kier alpha value is -3.96. The zero-order valence-corrected chi connectivity index (χ0v) is 15.8. The Morgan fingerprint density at radius 1 is 1.24 bits per heavy atom. The number of rotatable bonds is 5. The summed E-state index contributed by atoms with van der Waals surface area (Å²) in [5.74, 6) is 1.36. The fourth-order valence-corrected chi connectivity index (χ4v) is 3.59. The number of aromatic nitrogens is 1. The molecule has 0 unspecified atom stereocenters. The number of nitriles is 1. The van der Waals surface area contributed by atoms with E-state index >= 15 is 0 Å². The Bertz CT molecular complexity index is 1190. The molecule has 1 aliphatic rings. The summed E-state index contributed by atoms with van der Waals surface area (Å²) in [4.78, 5) is 15.2. The maximum Gasteiger partial charge on any atom is 0.276 e. The number of fused-ring (bicyclic) bond motifs is 1. The molecular formula is C21H13N3O4S. The van der Waals surface area contributed by atoms with E-state index in [1.165, 1.54) is 17.4 Å². The monoisotopic (exact) mass is 403 g/mol. The highest BCUT2D eigenvalue weighted by molar-refractivity contribution is 7.11. The molecule has 0 saturated heterocycles. The summed E-state index contributed by atoms with van der Waals surface area (Å²) in [7, 11) is 0. The van der Waals surface area contributed by atoms with Gasteiger partial charge < -0.3 is 9.47 Å². The van der Waals surface area contributed by atoms with Gasteiger partial charge in [-0.3, -0.25) is 10.1 Å². The second-order valence-electron chi connectivity index (χ2n) is 5.97. The Morgan fingerprint density at radius 3 is 2.90 bits per heavy atom. The number of nitrogens with zero attached hydrogens (tertiary/aromatic N) is 3. The van der Waals surface area contributed by atoms with Crippen molar-refractivity contribution >= 4 is 28.7 Å². The maximum atomic E-state index is 11.1. The Labute approximate surface area is 169 Å². The molecule has 2 heterocycles. The average molecular weight is 403 g/mol. The van der Waals surface area contributed by atoms with E-state index in [1.807, 2.05) is 23.6 Å². The first kappa shape index (κ1) is 18.4. The van der Waals surface area contributed by atoms with Crippen molar-refractivity contribution in [1.82, 2.24) is 4.98 Å². The third-order valence-corrected chi connectivity index (χ3v) is 5.07. The first-order chi connectivity index (χ1) is 14.2. The van der Waals surface area contributed by atoms with Crippen LogP contribution >= 0.6 is 11.3 Å². The summed E-state index contributed by atoms with van der Waals surface area (Å²) in [6.07, 6.45) is 4.81. The number of thiazole rings is 1. The molecule has 1 aliphatic heterocycles. The van der Waals surface area contributed by atoms with Crippen LogP contribution in [0.5, 0.6) is 11.5 Å². The van der Waals surface area contributed by atoms with Crippen molar-refractivity contribution in [3.05, 3.63) is 80.7 Å². The van der Waals surface area contributed by atoms with Crippen molar-refractivity contribution in [3.63, 3.8) is 0 Å². The van der Waals surface area contributed by atoms with Crippen LogP contribution in [0.25, 0.3) is 22.9 Å². The van der Waals surface area contributed by atoms with Crippen LogP contribution in [0.1, 0.15) is 10.6 Å². The smallest absolute Gasteiger partial charge is 0.276 e. The fraction of sp³-hybridized carbons (Fsp3) is 0.0476. The summed E-state index contributed by atoms with van der Waals surface area (Å²) in [6, 6.07) is 14.1. The molecular weight excluding hydrogens is 390 g/mol. The summed E-state index contributed by atoms with van der Waals surface area (Å²) in [5.41, 5.74) is 2.44. The second-order valence-corrected chi connectivity index (χ2v) is 6.83. The van der Waals surface area contributed by atoms with E-state index in [9.17, 15) is 15.4 Å². The van der Waals surface area contributed by atoms with Gasteiger partial charge in [0.15, 0.2) is 11.5 Å². The van der Waals surface area contributed by atoms with Gasteiger partial charge in [-0.2, -0.15) is 5.26 Å².